The van der Waals surface area contributed by atoms with Crippen molar-refractivity contribution in [3.63, 3.8) is 0 Å². The minimum absolute atomic E-state index is 0.219. The molecule has 0 spiro atoms. The predicted octanol–water partition coefficient (Wildman–Crippen LogP) is 9.51. The number of benzene rings is 2. The van der Waals surface area contributed by atoms with E-state index in [0.717, 1.165) is 86.7 Å². The fraction of sp³-hybridized carbons (Fsp3) is 0.600. The van der Waals surface area contributed by atoms with Gasteiger partial charge in [0.1, 0.15) is 15.7 Å². The molecule has 4 nitrogen and oxygen atoms in total. The predicted molar refractivity (Wildman–Crippen MR) is 170 cm³/mol. The lowest BCUT2D eigenvalue weighted by molar-refractivity contribution is -0.284. The number of fused-ring (bicyclic) bond motifs is 1. The Bertz CT molecular complexity index is 1470. The van der Waals surface area contributed by atoms with Gasteiger partial charge in [0, 0.05) is 12.5 Å². The van der Waals surface area contributed by atoms with Crippen molar-refractivity contribution in [1.82, 2.24) is 4.90 Å². The molecular weight excluding hydrogens is 647 g/mol. The monoisotopic (exact) mass is 691 g/mol. The molecule has 1 N–H and O–H groups in total. The van der Waals surface area contributed by atoms with Crippen molar-refractivity contribution in [3.8, 4) is 5.75 Å². The molecule has 1 fully saturated rings. The molecule has 1 atom stereocenters. The van der Waals surface area contributed by atoms with E-state index < -0.39 is 46.3 Å². The van der Waals surface area contributed by atoms with Crippen molar-refractivity contribution < 1.29 is 44.3 Å². The van der Waals surface area contributed by atoms with Crippen LogP contribution in [0, 0.1) is 11.6 Å². The highest BCUT2D eigenvalue weighted by Gasteiger charge is 2.56. The van der Waals surface area contributed by atoms with Gasteiger partial charge in [0.05, 0.1) is 11.5 Å². The lowest BCUT2D eigenvalue weighted by Gasteiger charge is -2.24. The maximum absolute atomic E-state index is 14.9. The van der Waals surface area contributed by atoms with Crippen molar-refractivity contribution >= 4 is 21.0 Å². The number of sulfone groups is 1. The van der Waals surface area contributed by atoms with Crippen LogP contribution in [-0.4, -0.2) is 61.2 Å². The molecule has 47 heavy (non-hydrogen) atoms. The first kappa shape index (κ1) is 37.2. The number of halogens is 7. The van der Waals surface area contributed by atoms with Crippen LogP contribution in [0.1, 0.15) is 100 Å². The second-order valence-corrected chi connectivity index (χ2v) is 15.1. The Morgan fingerprint density at radius 3 is 2.26 bits per heavy atom. The Hall–Kier alpha value is -2.60. The van der Waals surface area contributed by atoms with E-state index in [1.807, 2.05) is 0 Å². The quantitative estimate of drug-likeness (QED) is 0.141. The number of aromatic hydroxyl groups is 1. The number of rotatable bonds is 16. The molecule has 1 saturated heterocycles. The van der Waals surface area contributed by atoms with Gasteiger partial charge in [0.25, 0.3) is 0 Å². The van der Waals surface area contributed by atoms with Crippen molar-refractivity contribution in [2.75, 3.05) is 24.6 Å². The fourth-order valence-electron chi connectivity index (χ4n) is 6.93. The molecule has 1 aliphatic carbocycles. The second kappa shape index (κ2) is 16.2. The number of nitrogens with zero attached hydrogens (tertiary/aromatic N) is 1. The smallest absolute Gasteiger partial charge is 0.453 e. The molecule has 2 aliphatic rings. The van der Waals surface area contributed by atoms with Gasteiger partial charge in [-0.15, -0.1) is 0 Å². The van der Waals surface area contributed by atoms with Gasteiger partial charge < -0.3 is 10.0 Å². The minimum Gasteiger partial charge on any atom is -0.505 e. The van der Waals surface area contributed by atoms with Crippen molar-refractivity contribution in [2.45, 2.75) is 108 Å². The zero-order chi connectivity index (χ0) is 34.2. The lowest BCUT2D eigenvalue weighted by Crippen LogP contribution is -2.36. The minimum atomic E-state index is -5.68. The summed E-state index contributed by atoms with van der Waals surface area (Å²) in [5.74, 6) is -7.05. The number of hydrogen-bond acceptors (Lipinski definition) is 4. The van der Waals surface area contributed by atoms with Crippen LogP contribution >= 0.6 is 0 Å². The molecule has 1 aliphatic heterocycles. The number of alkyl halides is 5. The van der Waals surface area contributed by atoms with E-state index in [1.54, 1.807) is 18.2 Å². The van der Waals surface area contributed by atoms with Gasteiger partial charge in [0.15, 0.2) is 11.6 Å². The Balaban J connectivity index is 1.24. The first-order valence-electron chi connectivity index (χ1n) is 16.6. The number of phenols is 1. The maximum atomic E-state index is 14.9. The zero-order valence-electron chi connectivity index (χ0n) is 26.5. The molecule has 0 amide bonds. The number of hydrogen-bond donors (Lipinski definition) is 1. The van der Waals surface area contributed by atoms with Crippen LogP contribution in [-0.2, 0) is 16.3 Å². The van der Waals surface area contributed by atoms with Crippen LogP contribution in [0.3, 0.4) is 0 Å². The molecule has 262 valence electrons. The third-order valence-electron chi connectivity index (χ3n) is 9.43. The third-order valence-corrected chi connectivity index (χ3v) is 11.3. The highest BCUT2D eigenvalue weighted by molar-refractivity contribution is 7.91. The van der Waals surface area contributed by atoms with E-state index in [1.165, 1.54) is 18.2 Å². The summed E-state index contributed by atoms with van der Waals surface area (Å²) >= 11 is 0. The average molecular weight is 692 g/mol. The van der Waals surface area contributed by atoms with Crippen LogP contribution in [0.25, 0.3) is 11.1 Å². The van der Waals surface area contributed by atoms with E-state index >= 15 is 0 Å². The Morgan fingerprint density at radius 1 is 0.830 bits per heavy atom. The zero-order valence-corrected chi connectivity index (χ0v) is 27.4. The molecule has 2 aromatic carbocycles. The summed E-state index contributed by atoms with van der Waals surface area (Å²) in [4.78, 5) is 2.35. The SMILES string of the molecule is O=S(=O)(CCC[C@@H]1CCCN1CCCCCCC1=C(c2ccc(F)cc2)CCCc2c1ccc(O)c2F)CCCC(F)(F)C(F)(F)F. The summed E-state index contributed by atoms with van der Waals surface area (Å²) in [6.07, 6.45) is 1.36. The first-order chi connectivity index (χ1) is 22.2. The molecular formula is C35H44F7NO3S. The van der Waals surface area contributed by atoms with Crippen LogP contribution in [0.4, 0.5) is 30.7 Å². The number of phenolic OH excluding ortho intramolecular Hbond substituents is 1. The molecule has 4 rings (SSSR count). The molecule has 1 heterocycles. The van der Waals surface area contributed by atoms with E-state index in [0.29, 0.717) is 31.2 Å². The average Bonchev–Trinajstić information content (AvgIpc) is 3.35. The van der Waals surface area contributed by atoms with E-state index in [4.69, 9.17) is 0 Å². The van der Waals surface area contributed by atoms with E-state index in [2.05, 4.69) is 4.90 Å². The summed E-state index contributed by atoms with van der Waals surface area (Å²) in [6, 6.07) is 9.77. The summed E-state index contributed by atoms with van der Waals surface area (Å²) in [6.45, 7) is 1.77. The van der Waals surface area contributed by atoms with E-state index in [9.17, 15) is 44.3 Å². The summed E-state index contributed by atoms with van der Waals surface area (Å²) < 4.78 is 116. The van der Waals surface area contributed by atoms with Crippen LogP contribution < -0.4 is 0 Å². The highest BCUT2D eigenvalue weighted by atomic mass is 32.2. The van der Waals surface area contributed by atoms with Gasteiger partial charge in [-0.05, 0) is 130 Å². The summed E-state index contributed by atoms with van der Waals surface area (Å²) in [5, 5.41) is 9.99. The lowest BCUT2D eigenvalue weighted by atomic mass is 9.89. The number of likely N-dealkylation sites (tertiary alicyclic amines) is 1. The Labute approximate surface area is 273 Å². The third kappa shape index (κ3) is 10.2. The second-order valence-electron chi connectivity index (χ2n) is 12.8. The Morgan fingerprint density at radius 2 is 1.53 bits per heavy atom. The first-order valence-corrected chi connectivity index (χ1v) is 18.4. The van der Waals surface area contributed by atoms with Gasteiger partial charge in [0.2, 0.25) is 0 Å². The van der Waals surface area contributed by atoms with Gasteiger partial charge >= 0.3 is 12.1 Å². The molecule has 2 aromatic rings. The van der Waals surface area contributed by atoms with E-state index in [-0.39, 0.29) is 23.4 Å². The topological polar surface area (TPSA) is 57.6 Å². The van der Waals surface area contributed by atoms with Gasteiger partial charge in [-0.1, -0.05) is 31.0 Å². The maximum Gasteiger partial charge on any atom is 0.453 e. The van der Waals surface area contributed by atoms with Crippen molar-refractivity contribution in [2.24, 2.45) is 0 Å². The number of allylic oxidation sites excluding steroid dienone is 2. The fourth-order valence-corrected chi connectivity index (χ4v) is 8.32. The molecule has 0 saturated carbocycles. The normalized spacial score (nSPS) is 18.1. The largest absolute Gasteiger partial charge is 0.505 e. The van der Waals surface area contributed by atoms with Crippen LogP contribution in [0.5, 0.6) is 5.75 Å². The molecule has 0 radical (unpaired) electrons. The van der Waals surface area contributed by atoms with Gasteiger partial charge in [-0.25, -0.2) is 17.2 Å². The standard InChI is InChI=1S/C35H44F7NO3S/c36-26-16-14-25(15-17-26)28-12-5-13-31-30(18-19-32(44)33(31)37)29(28)11-3-1-2-4-21-43-22-6-9-27(43)10-7-23-47(45,46)24-8-20-34(38,39)35(40,41)42/h14-19,27,44H,1-13,20-24H2/t27-/m0/s1. The molecule has 0 bridgehead atoms. The van der Waals surface area contributed by atoms with Crippen LogP contribution in [0.15, 0.2) is 36.4 Å². The van der Waals surface area contributed by atoms with Gasteiger partial charge in [-0.2, -0.15) is 22.0 Å². The van der Waals surface area contributed by atoms with Crippen molar-refractivity contribution in [1.29, 1.82) is 0 Å². The molecule has 0 aromatic heterocycles. The summed E-state index contributed by atoms with van der Waals surface area (Å²) in [7, 11) is -3.72. The number of unbranched alkanes of at least 4 members (excludes halogenated alkanes) is 3. The Kier molecular flexibility index (Phi) is 12.8. The molecule has 0 unspecified atom stereocenters. The summed E-state index contributed by atoms with van der Waals surface area (Å²) in [5.41, 5.74) is 4.35. The molecule has 12 heteroatoms. The highest BCUT2D eigenvalue weighted by Crippen LogP contribution is 2.41. The van der Waals surface area contributed by atoms with Gasteiger partial charge in [-0.3, -0.25) is 0 Å². The van der Waals surface area contributed by atoms with Crippen LogP contribution in [0.2, 0.25) is 0 Å². The van der Waals surface area contributed by atoms with Crippen molar-refractivity contribution in [3.05, 3.63) is 64.7 Å².